The molecule has 4 nitrogen and oxygen atoms in total. The second-order valence-electron chi connectivity index (χ2n) is 4.05. The first-order valence-corrected chi connectivity index (χ1v) is 5.71. The SMILES string of the molecule is Cn1nccc1CCNc1c(F)cc(C#N)cc1F. The van der Waals surface area contributed by atoms with Gasteiger partial charge < -0.3 is 5.32 Å². The second kappa shape index (κ2) is 5.48. The van der Waals surface area contributed by atoms with Crippen LogP contribution in [0.15, 0.2) is 24.4 Å². The topological polar surface area (TPSA) is 53.6 Å². The minimum Gasteiger partial charge on any atom is -0.380 e. The van der Waals surface area contributed by atoms with Crippen molar-refractivity contribution in [2.24, 2.45) is 7.05 Å². The van der Waals surface area contributed by atoms with Crippen LogP contribution in [0.2, 0.25) is 0 Å². The number of nitriles is 1. The molecule has 0 unspecified atom stereocenters. The van der Waals surface area contributed by atoms with Crippen LogP contribution in [0.25, 0.3) is 0 Å². The highest BCUT2D eigenvalue weighted by Crippen LogP contribution is 2.20. The van der Waals surface area contributed by atoms with Crippen molar-refractivity contribution < 1.29 is 8.78 Å². The highest BCUT2D eigenvalue weighted by atomic mass is 19.1. The first-order valence-electron chi connectivity index (χ1n) is 5.71. The molecule has 0 amide bonds. The van der Waals surface area contributed by atoms with E-state index >= 15 is 0 Å². The van der Waals surface area contributed by atoms with Crippen LogP contribution in [-0.2, 0) is 13.5 Å². The highest BCUT2D eigenvalue weighted by Gasteiger charge is 2.10. The summed E-state index contributed by atoms with van der Waals surface area (Å²) in [5, 5.41) is 15.3. The van der Waals surface area contributed by atoms with Crippen LogP contribution in [0.5, 0.6) is 0 Å². The summed E-state index contributed by atoms with van der Waals surface area (Å²) < 4.78 is 28.8. The maximum Gasteiger partial charge on any atom is 0.150 e. The van der Waals surface area contributed by atoms with Gasteiger partial charge in [-0.1, -0.05) is 0 Å². The van der Waals surface area contributed by atoms with E-state index in [1.54, 1.807) is 24.0 Å². The van der Waals surface area contributed by atoms with Crippen LogP contribution >= 0.6 is 0 Å². The first kappa shape index (κ1) is 13.0. The number of aryl methyl sites for hydroxylation is 1. The Morgan fingerprint density at radius 2 is 2.05 bits per heavy atom. The van der Waals surface area contributed by atoms with Crippen molar-refractivity contribution in [2.75, 3.05) is 11.9 Å². The number of nitrogens with zero attached hydrogens (tertiary/aromatic N) is 3. The molecule has 2 rings (SSSR count). The van der Waals surface area contributed by atoms with Crippen molar-refractivity contribution in [3.8, 4) is 6.07 Å². The third-order valence-electron chi connectivity index (χ3n) is 2.78. The number of hydrogen-bond acceptors (Lipinski definition) is 3. The average molecular weight is 262 g/mol. The summed E-state index contributed by atoms with van der Waals surface area (Å²) >= 11 is 0. The zero-order valence-electron chi connectivity index (χ0n) is 10.3. The van der Waals surface area contributed by atoms with Gasteiger partial charge in [-0.2, -0.15) is 10.4 Å². The Labute approximate surface area is 109 Å². The van der Waals surface area contributed by atoms with Gasteiger partial charge in [-0.15, -0.1) is 0 Å². The molecule has 0 radical (unpaired) electrons. The van der Waals surface area contributed by atoms with Crippen LogP contribution in [0.4, 0.5) is 14.5 Å². The molecule has 0 fully saturated rings. The maximum atomic E-state index is 13.6. The van der Waals surface area contributed by atoms with E-state index in [1.807, 2.05) is 6.07 Å². The van der Waals surface area contributed by atoms with Gasteiger partial charge in [-0.25, -0.2) is 8.78 Å². The normalized spacial score (nSPS) is 10.2. The zero-order valence-corrected chi connectivity index (χ0v) is 10.3. The summed E-state index contributed by atoms with van der Waals surface area (Å²) in [6, 6.07) is 5.56. The fourth-order valence-electron chi connectivity index (χ4n) is 1.77. The minimum absolute atomic E-state index is 0.0350. The molecule has 0 aliphatic carbocycles. The number of nitrogens with one attached hydrogen (secondary N) is 1. The molecule has 0 bridgehead atoms. The predicted octanol–water partition coefficient (Wildman–Crippen LogP) is 2.22. The van der Waals surface area contributed by atoms with E-state index in [4.69, 9.17) is 5.26 Å². The Hall–Kier alpha value is -2.42. The van der Waals surface area contributed by atoms with E-state index in [9.17, 15) is 8.78 Å². The molecule has 1 N–H and O–H groups in total. The number of hydrogen-bond donors (Lipinski definition) is 1. The van der Waals surface area contributed by atoms with E-state index in [0.717, 1.165) is 17.8 Å². The molecule has 1 heterocycles. The summed E-state index contributed by atoms with van der Waals surface area (Å²) in [7, 11) is 1.80. The molecule has 0 atom stereocenters. The molecule has 2 aromatic rings. The number of rotatable bonds is 4. The average Bonchev–Trinajstić information content (AvgIpc) is 2.78. The molecule has 0 spiro atoms. The Balaban J connectivity index is 2.04. The lowest BCUT2D eigenvalue weighted by molar-refractivity contribution is 0.586. The van der Waals surface area contributed by atoms with Gasteiger partial charge in [0.15, 0.2) is 11.6 Å². The molecule has 1 aromatic carbocycles. The Bertz CT molecular complexity index is 605. The minimum atomic E-state index is -0.762. The summed E-state index contributed by atoms with van der Waals surface area (Å²) in [5.74, 6) is -1.52. The molecule has 19 heavy (non-hydrogen) atoms. The first-order chi connectivity index (χ1) is 9.11. The van der Waals surface area contributed by atoms with Gasteiger partial charge in [-0.3, -0.25) is 4.68 Å². The van der Waals surface area contributed by atoms with Crippen molar-refractivity contribution in [2.45, 2.75) is 6.42 Å². The van der Waals surface area contributed by atoms with Gasteiger partial charge in [0.1, 0.15) is 5.69 Å². The van der Waals surface area contributed by atoms with Gasteiger partial charge >= 0.3 is 0 Å². The van der Waals surface area contributed by atoms with E-state index in [1.165, 1.54) is 0 Å². The fraction of sp³-hybridized carbons (Fsp3) is 0.231. The van der Waals surface area contributed by atoms with E-state index in [2.05, 4.69) is 10.4 Å². The van der Waals surface area contributed by atoms with E-state index in [-0.39, 0.29) is 11.3 Å². The van der Waals surface area contributed by atoms with Gasteiger partial charge in [-0.05, 0) is 18.2 Å². The lowest BCUT2D eigenvalue weighted by atomic mass is 10.2. The molecule has 0 saturated carbocycles. The number of benzene rings is 1. The van der Waals surface area contributed by atoms with Crippen molar-refractivity contribution in [1.82, 2.24) is 9.78 Å². The lowest BCUT2D eigenvalue weighted by Gasteiger charge is -2.09. The van der Waals surface area contributed by atoms with Crippen LogP contribution in [-0.4, -0.2) is 16.3 Å². The number of halogens is 2. The lowest BCUT2D eigenvalue weighted by Crippen LogP contribution is -2.10. The summed E-state index contributed by atoms with van der Waals surface area (Å²) in [6.07, 6.45) is 2.26. The molecule has 0 aliphatic heterocycles. The Morgan fingerprint density at radius 1 is 1.37 bits per heavy atom. The van der Waals surface area contributed by atoms with Crippen molar-refractivity contribution in [1.29, 1.82) is 5.26 Å². The predicted molar refractivity (Wildman–Crippen MR) is 66.5 cm³/mol. The highest BCUT2D eigenvalue weighted by molar-refractivity contribution is 5.50. The van der Waals surface area contributed by atoms with Gasteiger partial charge in [0.25, 0.3) is 0 Å². The molecule has 0 saturated heterocycles. The Kier molecular flexibility index (Phi) is 3.76. The monoisotopic (exact) mass is 262 g/mol. The summed E-state index contributed by atoms with van der Waals surface area (Å²) in [5.41, 5.74) is 0.718. The van der Waals surface area contributed by atoms with Gasteiger partial charge in [0.2, 0.25) is 0 Å². The third-order valence-corrected chi connectivity index (χ3v) is 2.78. The molecular formula is C13H12F2N4. The van der Waals surface area contributed by atoms with Crippen LogP contribution in [0.1, 0.15) is 11.3 Å². The molecular weight excluding hydrogens is 250 g/mol. The van der Waals surface area contributed by atoms with Crippen LogP contribution < -0.4 is 5.32 Å². The van der Waals surface area contributed by atoms with Crippen LogP contribution in [0.3, 0.4) is 0 Å². The second-order valence-corrected chi connectivity index (χ2v) is 4.05. The molecule has 0 aliphatic rings. The third kappa shape index (κ3) is 2.88. The van der Waals surface area contributed by atoms with Crippen molar-refractivity contribution >= 4 is 5.69 Å². The van der Waals surface area contributed by atoms with Crippen molar-refractivity contribution in [3.05, 3.63) is 47.3 Å². The van der Waals surface area contributed by atoms with Gasteiger partial charge in [0, 0.05) is 31.9 Å². The molecule has 6 heteroatoms. The smallest absolute Gasteiger partial charge is 0.150 e. The summed E-state index contributed by atoms with van der Waals surface area (Å²) in [6.45, 7) is 0.374. The largest absolute Gasteiger partial charge is 0.380 e. The standard InChI is InChI=1S/C13H12F2N4/c1-19-10(3-5-18-19)2-4-17-13-11(14)6-9(8-16)7-12(13)15/h3,5-7,17H,2,4H2,1H3. The zero-order chi connectivity index (χ0) is 13.8. The summed E-state index contributed by atoms with van der Waals surface area (Å²) in [4.78, 5) is 0. The molecule has 98 valence electrons. The quantitative estimate of drug-likeness (QED) is 0.919. The Morgan fingerprint density at radius 3 is 2.58 bits per heavy atom. The van der Waals surface area contributed by atoms with Crippen LogP contribution in [0, 0.1) is 23.0 Å². The molecule has 1 aromatic heterocycles. The number of anilines is 1. The van der Waals surface area contributed by atoms with Crippen molar-refractivity contribution in [3.63, 3.8) is 0 Å². The van der Waals surface area contributed by atoms with E-state index in [0.29, 0.717) is 13.0 Å². The number of aromatic nitrogens is 2. The maximum absolute atomic E-state index is 13.6. The van der Waals surface area contributed by atoms with Gasteiger partial charge in [0.05, 0.1) is 11.6 Å². The fourth-order valence-corrected chi connectivity index (χ4v) is 1.77. The van der Waals surface area contributed by atoms with E-state index < -0.39 is 11.6 Å².